The minimum atomic E-state index is -1.97. The Labute approximate surface area is 170 Å². The lowest BCUT2D eigenvalue weighted by molar-refractivity contribution is 0.442. The molecule has 0 aromatic heterocycles. The lowest BCUT2D eigenvalue weighted by atomic mass is 9.89. The number of phenols is 1. The predicted octanol–water partition coefficient (Wildman–Crippen LogP) is 7.62. The Bertz CT molecular complexity index is 1350. The van der Waals surface area contributed by atoms with Gasteiger partial charge >= 0.3 is 0 Å². The second kappa shape index (κ2) is 6.69. The van der Waals surface area contributed by atoms with E-state index in [9.17, 15) is 10.6 Å². The van der Waals surface area contributed by atoms with Crippen molar-refractivity contribution >= 4 is 46.3 Å². The van der Waals surface area contributed by atoms with Crippen molar-refractivity contribution in [2.75, 3.05) is 0 Å². The van der Waals surface area contributed by atoms with E-state index in [1.54, 1.807) is 6.07 Å². The summed E-state index contributed by atoms with van der Waals surface area (Å²) in [5.41, 5.74) is 11.9. The molecule has 6 heteroatoms. The number of aryl methyl sites for hydroxylation is 2. The number of aromatic hydroxyl groups is 1. The molecule has 0 bridgehead atoms. The largest absolute Gasteiger partial charge is 0.542 e. The summed E-state index contributed by atoms with van der Waals surface area (Å²) in [4.78, 5) is 3.04. The van der Waals surface area contributed by atoms with Crippen LogP contribution in [0.3, 0.4) is 0 Å². The average Bonchev–Trinajstić information content (AvgIpc) is 2.68. The van der Waals surface area contributed by atoms with Gasteiger partial charge in [-0.1, -0.05) is 35.4 Å². The van der Waals surface area contributed by atoms with Crippen LogP contribution in [-0.2, 0) is 0 Å². The molecule has 4 rings (SSSR count). The number of nitrogens with zero attached hydrogens (tertiary/aromatic N) is 3. The van der Waals surface area contributed by atoms with Crippen LogP contribution >= 0.6 is 0 Å². The van der Waals surface area contributed by atoms with Crippen LogP contribution < -0.4 is 4.43 Å². The molecular weight excluding hydrogens is 378 g/mol. The van der Waals surface area contributed by atoms with Crippen LogP contribution in [0.1, 0.15) is 11.1 Å². The lowest BCUT2D eigenvalue weighted by Crippen LogP contribution is -2.29. The van der Waals surface area contributed by atoms with Crippen LogP contribution in [-0.4, -0.2) is 13.4 Å². The molecule has 0 fully saturated rings. The topological polar surface area (TPSA) is 78.2 Å². The number of hydrogen-bond acceptors (Lipinski definition) is 3. The maximum absolute atomic E-state index is 11.0. The van der Waals surface area contributed by atoms with Crippen molar-refractivity contribution in [1.82, 2.24) is 0 Å². The Morgan fingerprint density at radius 1 is 0.897 bits per heavy atom. The first-order valence-corrected chi connectivity index (χ1v) is 13.0. The Balaban J connectivity index is 2.24. The summed E-state index contributed by atoms with van der Waals surface area (Å²) in [6.45, 7) is 10.3. The third kappa shape index (κ3) is 3.07. The van der Waals surface area contributed by atoms with E-state index in [2.05, 4.69) is 36.0 Å². The van der Waals surface area contributed by atoms with E-state index in [1.165, 1.54) is 5.39 Å². The maximum Gasteiger partial charge on any atom is 0.242 e. The van der Waals surface area contributed by atoms with Gasteiger partial charge in [-0.2, -0.15) is 0 Å². The average molecular weight is 402 g/mol. The van der Waals surface area contributed by atoms with Crippen molar-refractivity contribution in [2.45, 2.75) is 33.5 Å². The minimum absolute atomic E-state index is 0.0893. The Hall–Kier alpha value is -3.21. The van der Waals surface area contributed by atoms with Gasteiger partial charge in [0.1, 0.15) is 5.75 Å². The Kier molecular flexibility index (Phi) is 4.41. The summed E-state index contributed by atoms with van der Waals surface area (Å²) in [6, 6.07) is 13.9. The molecule has 5 nitrogen and oxygen atoms in total. The predicted molar refractivity (Wildman–Crippen MR) is 123 cm³/mol. The molecule has 0 heterocycles. The normalized spacial score (nSPS) is 11.8. The molecule has 0 saturated carbocycles. The van der Waals surface area contributed by atoms with Crippen molar-refractivity contribution in [2.24, 2.45) is 5.11 Å². The molecule has 0 unspecified atom stereocenters. The zero-order chi connectivity index (χ0) is 20.9. The smallest absolute Gasteiger partial charge is 0.242 e. The van der Waals surface area contributed by atoms with Gasteiger partial charge < -0.3 is 9.53 Å². The fourth-order valence-corrected chi connectivity index (χ4v) is 4.93. The molecule has 4 aromatic carbocycles. The van der Waals surface area contributed by atoms with Gasteiger partial charge in [0.05, 0.1) is 0 Å². The van der Waals surface area contributed by atoms with E-state index in [1.807, 2.05) is 43.9 Å². The number of phenolic OH excluding ortho intramolecular Hbond substituents is 1. The van der Waals surface area contributed by atoms with Crippen LogP contribution in [0.5, 0.6) is 11.5 Å². The van der Waals surface area contributed by atoms with E-state index in [0.717, 1.165) is 32.7 Å². The standard InChI is InChI=1S/C23H23N3O2Si/c1-13-15-8-6-7-9-16(15)14(2)21-17(13)10-11-18-22(21)19(25-26-24)12-20(23(18)27)28-29(3,4)5/h6-12,27H,1-5H3. The molecule has 4 aromatic rings. The van der Waals surface area contributed by atoms with E-state index in [-0.39, 0.29) is 5.75 Å². The molecule has 29 heavy (non-hydrogen) atoms. The van der Waals surface area contributed by atoms with Crippen LogP contribution in [0.2, 0.25) is 19.6 Å². The third-order valence-electron chi connectivity index (χ3n) is 5.30. The molecule has 0 aliphatic heterocycles. The zero-order valence-electron chi connectivity index (χ0n) is 17.2. The number of benzene rings is 4. The van der Waals surface area contributed by atoms with E-state index >= 15 is 0 Å². The van der Waals surface area contributed by atoms with Crippen molar-refractivity contribution in [1.29, 1.82) is 0 Å². The third-order valence-corrected chi connectivity index (χ3v) is 6.13. The highest BCUT2D eigenvalue weighted by Gasteiger charge is 2.22. The first-order chi connectivity index (χ1) is 13.7. The summed E-state index contributed by atoms with van der Waals surface area (Å²) >= 11 is 0. The fraction of sp³-hybridized carbons (Fsp3) is 0.217. The van der Waals surface area contributed by atoms with Crippen LogP contribution in [0.4, 0.5) is 5.69 Å². The Morgan fingerprint density at radius 2 is 1.52 bits per heavy atom. The summed E-state index contributed by atoms with van der Waals surface area (Å²) in [7, 11) is -1.97. The maximum atomic E-state index is 11.0. The molecule has 0 aliphatic carbocycles. The van der Waals surface area contributed by atoms with Crippen molar-refractivity contribution in [3.8, 4) is 11.5 Å². The van der Waals surface area contributed by atoms with Crippen LogP contribution in [0.15, 0.2) is 47.6 Å². The van der Waals surface area contributed by atoms with E-state index in [0.29, 0.717) is 16.8 Å². The second-order valence-corrected chi connectivity index (χ2v) is 12.8. The summed E-state index contributed by atoms with van der Waals surface area (Å²) in [5, 5.41) is 20.8. The highest BCUT2D eigenvalue weighted by Crippen LogP contribution is 2.47. The number of hydrogen-bond donors (Lipinski definition) is 1. The van der Waals surface area contributed by atoms with Crippen LogP contribution in [0.25, 0.3) is 42.8 Å². The summed E-state index contributed by atoms with van der Waals surface area (Å²) in [6.07, 6.45) is 0. The number of azide groups is 1. The molecule has 0 spiro atoms. The van der Waals surface area contributed by atoms with Crippen molar-refractivity contribution < 1.29 is 9.53 Å². The van der Waals surface area contributed by atoms with Gasteiger partial charge in [0, 0.05) is 21.4 Å². The van der Waals surface area contributed by atoms with Gasteiger partial charge in [-0.05, 0) is 83.8 Å². The monoisotopic (exact) mass is 401 g/mol. The summed E-state index contributed by atoms with van der Waals surface area (Å²) in [5.74, 6) is 0.458. The number of rotatable bonds is 3. The van der Waals surface area contributed by atoms with Gasteiger partial charge in [-0.3, -0.25) is 0 Å². The molecule has 1 N–H and O–H groups in total. The highest BCUT2D eigenvalue weighted by atomic mass is 28.4. The van der Waals surface area contributed by atoms with E-state index < -0.39 is 8.32 Å². The first kappa shape index (κ1) is 19.1. The van der Waals surface area contributed by atoms with Crippen molar-refractivity contribution in [3.63, 3.8) is 0 Å². The molecule has 0 radical (unpaired) electrons. The highest BCUT2D eigenvalue weighted by molar-refractivity contribution is 6.70. The molecule has 0 amide bonds. The molecule has 146 valence electrons. The lowest BCUT2D eigenvalue weighted by Gasteiger charge is -2.22. The van der Waals surface area contributed by atoms with Gasteiger partial charge in [0.25, 0.3) is 0 Å². The second-order valence-electron chi connectivity index (χ2n) is 8.35. The fourth-order valence-electron chi connectivity index (χ4n) is 4.12. The minimum Gasteiger partial charge on any atom is -0.542 e. The molecule has 0 saturated heterocycles. The van der Waals surface area contributed by atoms with Crippen LogP contribution in [0, 0.1) is 13.8 Å². The molecule has 0 atom stereocenters. The van der Waals surface area contributed by atoms with E-state index in [4.69, 9.17) is 4.43 Å². The molecule has 0 aliphatic rings. The zero-order valence-corrected chi connectivity index (χ0v) is 18.2. The first-order valence-electron chi connectivity index (χ1n) is 9.57. The molecular formula is C23H23N3O2Si. The van der Waals surface area contributed by atoms with Gasteiger partial charge in [0.2, 0.25) is 8.32 Å². The summed E-state index contributed by atoms with van der Waals surface area (Å²) < 4.78 is 6.07. The quantitative estimate of drug-likeness (QED) is 0.0956. The number of fused-ring (bicyclic) bond motifs is 4. The van der Waals surface area contributed by atoms with Gasteiger partial charge in [-0.25, -0.2) is 0 Å². The SMILES string of the molecule is Cc1c2ccccc2c(C)c2c1ccc1c(O)c(O[Si](C)(C)C)cc(N=[N+]=[N-])c12. The van der Waals surface area contributed by atoms with Gasteiger partial charge in [-0.15, -0.1) is 0 Å². The Morgan fingerprint density at radius 3 is 2.14 bits per heavy atom. The van der Waals surface area contributed by atoms with Gasteiger partial charge in [0.15, 0.2) is 5.75 Å². The van der Waals surface area contributed by atoms with Crippen molar-refractivity contribution in [3.05, 3.63) is 64.0 Å².